The van der Waals surface area contributed by atoms with Crippen LogP contribution in [0.5, 0.6) is 5.75 Å². The monoisotopic (exact) mass is 405 g/mol. The van der Waals surface area contributed by atoms with Crippen LogP contribution in [0.25, 0.3) is 0 Å². The number of carbonyl (C=O) groups is 2. The second kappa shape index (κ2) is 9.10. The molecule has 1 aliphatic rings. The summed E-state index contributed by atoms with van der Waals surface area (Å²) in [5.74, 6) is -0.599. The number of amides is 2. The number of carbonyl (C=O) groups excluding carboxylic acids is 2. The fourth-order valence-electron chi connectivity index (χ4n) is 2.57. The standard InChI is InChI=1S/C15H20BrN3O3.ClH/c16-11-3-4-13(20)12(8-11)15(22)19-7-1-2-10(9-19)14(21)18-6-5-17;/h3-4,8,10,20H,1-2,5-7,9,17H2,(H,18,21);1H. The van der Waals surface area contributed by atoms with Crippen molar-refractivity contribution >= 4 is 40.2 Å². The number of likely N-dealkylation sites (tertiary alicyclic amines) is 1. The maximum Gasteiger partial charge on any atom is 0.257 e. The smallest absolute Gasteiger partial charge is 0.257 e. The Kier molecular flexibility index (Phi) is 7.81. The number of benzene rings is 1. The number of phenolic OH excluding ortho intramolecular Hbond substituents is 1. The Morgan fingerprint density at radius 1 is 1.43 bits per heavy atom. The van der Waals surface area contributed by atoms with Crippen LogP contribution >= 0.6 is 28.3 Å². The van der Waals surface area contributed by atoms with E-state index >= 15 is 0 Å². The summed E-state index contributed by atoms with van der Waals surface area (Å²) >= 11 is 3.29. The molecule has 1 fully saturated rings. The lowest BCUT2D eigenvalue weighted by molar-refractivity contribution is -0.126. The van der Waals surface area contributed by atoms with Crippen molar-refractivity contribution in [3.8, 4) is 5.75 Å². The molecular weight excluding hydrogens is 386 g/mol. The number of hydrogen-bond acceptors (Lipinski definition) is 4. The van der Waals surface area contributed by atoms with Crippen molar-refractivity contribution in [3.05, 3.63) is 28.2 Å². The van der Waals surface area contributed by atoms with Crippen LogP contribution in [0.2, 0.25) is 0 Å². The van der Waals surface area contributed by atoms with Crippen LogP contribution < -0.4 is 11.1 Å². The zero-order valence-electron chi connectivity index (χ0n) is 12.6. The zero-order valence-corrected chi connectivity index (χ0v) is 15.0. The molecule has 0 aliphatic carbocycles. The van der Waals surface area contributed by atoms with Gasteiger partial charge in [0, 0.05) is 30.7 Å². The first-order chi connectivity index (χ1) is 10.5. The van der Waals surface area contributed by atoms with Crippen molar-refractivity contribution in [2.24, 2.45) is 11.7 Å². The highest BCUT2D eigenvalue weighted by Crippen LogP contribution is 2.25. The number of phenols is 1. The molecule has 8 heteroatoms. The van der Waals surface area contributed by atoms with Crippen molar-refractivity contribution in [3.63, 3.8) is 0 Å². The van der Waals surface area contributed by atoms with Gasteiger partial charge in [0.2, 0.25) is 5.91 Å². The van der Waals surface area contributed by atoms with Crippen LogP contribution in [0.1, 0.15) is 23.2 Å². The number of rotatable bonds is 4. The van der Waals surface area contributed by atoms with E-state index < -0.39 is 0 Å². The van der Waals surface area contributed by atoms with E-state index in [9.17, 15) is 14.7 Å². The van der Waals surface area contributed by atoms with Gasteiger partial charge in [-0.3, -0.25) is 9.59 Å². The van der Waals surface area contributed by atoms with Crippen LogP contribution in [0.4, 0.5) is 0 Å². The summed E-state index contributed by atoms with van der Waals surface area (Å²) in [5, 5.41) is 12.6. The molecule has 1 saturated heterocycles. The number of hydrogen-bond donors (Lipinski definition) is 3. The number of aromatic hydroxyl groups is 1. The lowest BCUT2D eigenvalue weighted by atomic mass is 9.96. The van der Waals surface area contributed by atoms with Gasteiger partial charge in [0.05, 0.1) is 11.5 Å². The van der Waals surface area contributed by atoms with E-state index in [1.165, 1.54) is 6.07 Å². The summed E-state index contributed by atoms with van der Waals surface area (Å²) in [7, 11) is 0. The van der Waals surface area contributed by atoms with Crippen LogP contribution in [0.3, 0.4) is 0 Å². The van der Waals surface area contributed by atoms with Gasteiger partial charge in [-0.2, -0.15) is 0 Å². The van der Waals surface area contributed by atoms with Gasteiger partial charge in [-0.25, -0.2) is 0 Å². The molecule has 2 amide bonds. The molecule has 1 aromatic carbocycles. The third-order valence-corrected chi connectivity index (χ3v) is 4.21. The van der Waals surface area contributed by atoms with Gasteiger partial charge in [0.25, 0.3) is 5.91 Å². The minimum atomic E-state index is -0.255. The number of piperidine rings is 1. The predicted molar refractivity (Wildman–Crippen MR) is 93.7 cm³/mol. The molecule has 4 N–H and O–H groups in total. The zero-order chi connectivity index (χ0) is 16.1. The Hall–Kier alpha value is -1.31. The van der Waals surface area contributed by atoms with Crippen LogP contribution in [0.15, 0.2) is 22.7 Å². The second-order valence-electron chi connectivity index (χ2n) is 5.33. The highest BCUT2D eigenvalue weighted by Gasteiger charge is 2.29. The first kappa shape index (κ1) is 19.7. The molecule has 2 rings (SSSR count). The van der Waals surface area contributed by atoms with Crippen LogP contribution in [0, 0.1) is 5.92 Å². The summed E-state index contributed by atoms with van der Waals surface area (Å²) in [6.07, 6.45) is 1.52. The maximum atomic E-state index is 12.5. The fourth-order valence-corrected chi connectivity index (χ4v) is 2.93. The maximum absolute atomic E-state index is 12.5. The van der Waals surface area contributed by atoms with Crippen LogP contribution in [-0.2, 0) is 4.79 Å². The number of nitrogens with one attached hydrogen (secondary N) is 1. The Morgan fingerprint density at radius 3 is 2.87 bits per heavy atom. The van der Waals surface area contributed by atoms with E-state index in [1.807, 2.05) is 0 Å². The van der Waals surface area contributed by atoms with Gasteiger partial charge in [0.1, 0.15) is 5.75 Å². The van der Waals surface area contributed by atoms with Crippen molar-refractivity contribution in [1.29, 1.82) is 0 Å². The van der Waals surface area contributed by atoms with E-state index in [4.69, 9.17) is 5.73 Å². The van der Waals surface area contributed by atoms with Crippen LogP contribution in [-0.4, -0.2) is 48.0 Å². The molecule has 0 spiro atoms. The van der Waals surface area contributed by atoms with E-state index in [1.54, 1.807) is 17.0 Å². The lowest BCUT2D eigenvalue weighted by Crippen LogP contribution is -2.46. The molecule has 0 aromatic heterocycles. The summed E-state index contributed by atoms with van der Waals surface area (Å²) in [6, 6.07) is 4.74. The van der Waals surface area contributed by atoms with Gasteiger partial charge >= 0.3 is 0 Å². The van der Waals surface area contributed by atoms with E-state index in [-0.39, 0.29) is 41.5 Å². The van der Waals surface area contributed by atoms with E-state index in [2.05, 4.69) is 21.2 Å². The van der Waals surface area contributed by atoms with Gasteiger partial charge in [-0.05, 0) is 31.0 Å². The average Bonchev–Trinajstić information content (AvgIpc) is 2.54. The van der Waals surface area contributed by atoms with Gasteiger partial charge < -0.3 is 21.1 Å². The third-order valence-electron chi connectivity index (χ3n) is 3.71. The SMILES string of the molecule is Cl.NCCNC(=O)C1CCCN(C(=O)c2cc(Br)ccc2O)C1. The Labute approximate surface area is 149 Å². The Bertz CT molecular complexity index is 571. The van der Waals surface area contributed by atoms with Crippen molar-refractivity contribution in [1.82, 2.24) is 10.2 Å². The van der Waals surface area contributed by atoms with Gasteiger partial charge in [-0.15, -0.1) is 12.4 Å². The van der Waals surface area contributed by atoms with Gasteiger partial charge in [-0.1, -0.05) is 15.9 Å². The largest absolute Gasteiger partial charge is 0.507 e. The summed E-state index contributed by atoms with van der Waals surface area (Å²) in [5.41, 5.74) is 5.62. The number of halogens is 2. The van der Waals surface area contributed by atoms with Crippen molar-refractivity contribution < 1.29 is 14.7 Å². The normalized spacial score (nSPS) is 17.3. The van der Waals surface area contributed by atoms with Crippen molar-refractivity contribution in [2.45, 2.75) is 12.8 Å². The molecule has 0 bridgehead atoms. The molecule has 1 unspecified atom stereocenters. The molecule has 0 saturated carbocycles. The molecule has 128 valence electrons. The van der Waals surface area contributed by atoms with Gasteiger partial charge in [0.15, 0.2) is 0 Å². The van der Waals surface area contributed by atoms with E-state index in [0.29, 0.717) is 26.2 Å². The van der Waals surface area contributed by atoms with E-state index in [0.717, 1.165) is 17.3 Å². The second-order valence-corrected chi connectivity index (χ2v) is 6.25. The summed E-state index contributed by atoms with van der Waals surface area (Å²) in [4.78, 5) is 26.2. The molecule has 0 radical (unpaired) electrons. The quantitative estimate of drug-likeness (QED) is 0.706. The summed E-state index contributed by atoms with van der Waals surface area (Å²) in [6.45, 7) is 1.79. The molecule has 1 aromatic rings. The topological polar surface area (TPSA) is 95.7 Å². The highest BCUT2D eigenvalue weighted by molar-refractivity contribution is 9.10. The molecular formula is C15H21BrClN3O3. The lowest BCUT2D eigenvalue weighted by Gasteiger charge is -2.32. The predicted octanol–water partition coefficient (Wildman–Crippen LogP) is 1.50. The van der Waals surface area contributed by atoms with Crippen molar-refractivity contribution in [2.75, 3.05) is 26.2 Å². The molecule has 1 atom stereocenters. The minimum absolute atomic E-state index is 0. The molecule has 23 heavy (non-hydrogen) atoms. The molecule has 6 nitrogen and oxygen atoms in total. The number of nitrogens with zero attached hydrogens (tertiary/aromatic N) is 1. The minimum Gasteiger partial charge on any atom is -0.507 e. The first-order valence-electron chi connectivity index (χ1n) is 7.28. The molecule has 1 aliphatic heterocycles. The Morgan fingerprint density at radius 2 is 2.17 bits per heavy atom. The third kappa shape index (κ3) is 5.09. The fraction of sp³-hybridized carbons (Fsp3) is 0.467. The average molecular weight is 407 g/mol. The number of nitrogens with two attached hydrogens (primary N) is 1. The highest BCUT2D eigenvalue weighted by atomic mass is 79.9. The Balaban J connectivity index is 0.00000264. The first-order valence-corrected chi connectivity index (χ1v) is 8.07. The summed E-state index contributed by atoms with van der Waals surface area (Å²) < 4.78 is 0.725. The molecule has 1 heterocycles.